The third-order valence-corrected chi connectivity index (χ3v) is 2.77. The molecule has 1 amide bonds. The van der Waals surface area contributed by atoms with Gasteiger partial charge in [-0.25, -0.2) is 4.98 Å². The summed E-state index contributed by atoms with van der Waals surface area (Å²) in [6.45, 7) is 0. The predicted octanol–water partition coefficient (Wildman–Crippen LogP) is 1.47. The highest BCUT2D eigenvalue weighted by Gasteiger charge is 2.13. The van der Waals surface area contributed by atoms with Crippen molar-refractivity contribution in [2.45, 2.75) is 0 Å². The number of nitrogens with zero attached hydrogens (tertiary/aromatic N) is 3. The maximum atomic E-state index is 11.6. The monoisotopic (exact) mass is 243 g/mol. The van der Waals surface area contributed by atoms with Gasteiger partial charge in [0.2, 0.25) is 5.95 Å². The summed E-state index contributed by atoms with van der Waals surface area (Å²) in [4.78, 5) is 18.5. The molecule has 82 valence electrons. The molecular weight excluding hydrogens is 238 g/mol. The number of anilines is 1. The smallest absolute Gasteiger partial charge is 0.268 e. The van der Waals surface area contributed by atoms with Gasteiger partial charge in [-0.1, -0.05) is 6.07 Å². The molecule has 7 heteroatoms. The van der Waals surface area contributed by atoms with E-state index in [9.17, 15) is 4.79 Å². The van der Waals surface area contributed by atoms with E-state index in [1.165, 1.54) is 11.3 Å². The molecule has 0 unspecified atom stereocenters. The fourth-order valence-corrected chi connectivity index (χ4v) is 1.79. The Morgan fingerprint density at radius 3 is 2.82 bits per heavy atom. The van der Waals surface area contributed by atoms with Crippen LogP contribution in [0.15, 0.2) is 17.5 Å². The van der Waals surface area contributed by atoms with Crippen LogP contribution >= 0.6 is 11.3 Å². The molecule has 0 spiro atoms. The number of imidazole rings is 1. The number of nitrogens with one attached hydrogen (secondary N) is 2. The molecule has 0 atom stereocenters. The normalized spacial score (nSPS) is 9.29. The number of thiophene rings is 1. The predicted molar refractivity (Wildman–Crippen MR) is 60.3 cm³/mol. The van der Waals surface area contributed by atoms with Crippen LogP contribution in [-0.2, 0) is 0 Å². The molecule has 6 nitrogen and oxygen atoms in total. The van der Waals surface area contributed by atoms with Crippen LogP contribution in [0.4, 0.5) is 5.95 Å². The zero-order valence-corrected chi connectivity index (χ0v) is 9.21. The molecule has 0 fully saturated rings. The average Bonchev–Trinajstić information content (AvgIpc) is 2.97. The number of hydrogen-bond acceptors (Lipinski definition) is 5. The number of nitriles is 2. The van der Waals surface area contributed by atoms with E-state index in [-0.39, 0.29) is 23.2 Å². The highest BCUT2D eigenvalue weighted by Crippen LogP contribution is 2.12. The zero-order chi connectivity index (χ0) is 12.3. The molecule has 0 aliphatic carbocycles. The van der Waals surface area contributed by atoms with E-state index in [2.05, 4.69) is 15.3 Å². The van der Waals surface area contributed by atoms with Gasteiger partial charge < -0.3 is 4.98 Å². The van der Waals surface area contributed by atoms with Gasteiger partial charge in [-0.15, -0.1) is 11.3 Å². The highest BCUT2D eigenvalue weighted by molar-refractivity contribution is 7.12. The van der Waals surface area contributed by atoms with Gasteiger partial charge in [0, 0.05) is 0 Å². The summed E-state index contributed by atoms with van der Waals surface area (Å²) < 4.78 is 0. The molecule has 0 saturated carbocycles. The van der Waals surface area contributed by atoms with E-state index in [1.807, 2.05) is 0 Å². The Morgan fingerprint density at radius 2 is 2.29 bits per heavy atom. The standard InChI is InChI=1S/C10H5N5OS/c11-4-6-7(5-12)14-10(13-6)15-9(16)8-2-1-3-17-8/h1-3H,(H2,13,14,15,16). The van der Waals surface area contributed by atoms with Crippen molar-refractivity contribution in [3.8, 4) is 12.1 Å². The van der Waals surface area contributed by atoms with Gasteiger partial charge in [0.25, 0.3) is 5.91 Å². The Hall–Kier alpha value is -2.64. The molecule has 0 aliphatic rings. The minimum atomic E-state index is -0.331. The Balaban J connectivity index is 2.21. The largest absolute Gasteiger partial charge is 0.314 e. The topological polar surface area (TPSA) is 105 Å². The lowest BCUT2D eigenvalue weighted by Gasteiger charge is -1.97. The first kappa shape index (κ1) is 10.9. The zero-order valence-electron chi connectivity index (χ0n) is 8.39. The maximum Gasteiger partial charge on any atom is 0.268 e. The number of hydrogen-bond donors (Lipinski definition) is 2. The molecule has 0 aliphatic heterocycles. The van der Waals surface area contributed by atoms with E-state index in [0.717, 1.165) is 0 Å². The first-order valence-electron chi connectivity index (χ1n) is 4.49. The second kappa shape index (κ2) is 4.47. The second-order valence-electron chi connectivity index (χ2n) is 2.96. The summed E-state index contributed by atoms with van der Waals surface area (Å²) in [5.74, 6) is -0.237. The van der Waals surface area contributed by atoms with Crippen LogP contribution in [0.3, 0.4) is 0 Å². The van der Waals surface area contributed by atoms with Crippen molar-refractivity contribution in [3.05, 3.63) is 33.8 Å². The molecule has 2 aromatic rings. The molecule has 2 rings (SSSR count). The first-order valence-corrected chi connectivity index (χ1v) is 5.37. The maximum absolute atomic E-state index is 11.6. The Labute approximate surface area is 100 Å². The lowest BCUT2D eigenvalue weighted by atomic mass is 10.4. The summed E-state index contributed by atoms with van der Waals surface area (Å²) in [7, 11) is 0. The Kier molecular flexibility index (Phi) is 2.86. The lowest BCUT2D eigenvalue weighted by Crippen LogP contribution is -2.11. The van der Waals surface area contributed by atoms with Gasteiger partial charge in [0.1, 0.15) is 12.1 Å². The number of carbonyl (C=O) groups is 1. The average molecular weight is 243 g/mol. The number of amides is 1. The van der Waals surface area contributed by atoms with Gasteiger partial charge in [0.15, 0.2) is 11.4 Å². The van der Waals surface area contributed by atoms with E-state index in [0.29, 0.717) is 4.88 Å². The molecule has 0 radical (unpaired) electrons. The molecule has 2 heterocycles. The van der Waals surface area contributed by atoms with Crippen molar-refractivity contribution in [1.29, 1.82) is 10.5 Å². The van der Waals surface area contributed by atoms with Gasteiger partial charge in [-0.05, 0) is 11.4 Å². The van der Waals surface area contributed by atoms with Crippen molar-refractivity contribution in [2.75, 3.05) is 5.32 Å². The fraction of sp³-hybridized carbons (Fsp3) is 0. The second-order valence-corrected chi connectivity index (χ2v) is 3.91. The Morgan fingerprint density at radius 1 is 1.47 bits per heavy atom. The summed E-state index contributed by atoms with van der Waals surface area (Å²) in [6, 6.07) is 6.97. The van der Waals surface area contributed by atoms with Crippen LogP contribution in [-0.4, -0.2) is 15.9 Å². The van der Waals surface area contributed by atoms with E-state index < -0.39 is 0 Å². The summed E-state index contributed by atoms with van der Waals surface area (Å²) in [6.07, 6.45) is 0. The van der Waals surface area contributed by atoms with Crippen LogP contribution in [0.2, 0.25) is 0 Å². The number of carbonyl (C=O) groups excluding carboxylic acids is 1. The van der Waals surface area contributed by atoms with Crippen LogP contribution in [0.25, 0.3) is 0 Å². The quantitative estimate of drug-likeness (QED) is 0.832. The van der Waals surface area contributed by atoms with Crippen molar-refractivity contribution < 1.29 is 4.79 Å². The molecule has 0 bridgehead atoms. The van der Waals surface area contributed by atoms with Crippen LogP contribution in [0.5, 0.6) is 0 Å². The molecule has 0 aromatic carbocycles. The van der Waals surface area contributed by atoms with Gasteiger partial charge in [-0.3, -0.25) is 10.1 Å². The minimum Gasteiger partial charge on any atom is -0.314 e. The number of rotatable bonds is 2. The summed E-state index contributed by atoms with van der Waals surface area (Å²) in [5.41, 5.74) is 0.00274. The van der Waals surface area contributed by atoms with Crippen molar-refractivity contribution in [3.63, 3.8) is 0 Å². The van der Waals surface area contributed by atoms with Crippen molar-refractivity contribution in [1.82, 2.24) is 9.97 Å². The fourth-order valence-electron chi connectivity index (χ4n) is 1.17. The number of aromatic nitrogens is 2. The number of H-pyrrole nitrogens is 1. The molecule has 17 heavy (non-hydrogen) atoms. The highest BCUT2D eigenvalue weighted by atomic mass is 32.1. The van der Waals surface area contributed by atoms with E-state index in [4.69, 9.17) is 10.5 Å². The van der Waals surface area contributed by atoms with Gasteiger partial charge >= 0.3 is 0 Å². The third kappa shape index (κ3) is 2.14. The van der Waals surface area contributed by atoms with Gasteiger partial charge in [0.05, 0.1) is 4.88 Å². The van der Waals surface area contributed by atoms with E-state index in [1.54, 1.807) is 29.7 Å². The van der Waals surface area contributed by atoms with Crippen molar-refractivity contribution in [2.24, 2.45) is 0 Å². The lowest BCUT2D eigenvalue weighted by molar-refractivity contribution is 0.103. The summed E-state index contributed by atoms with van der Waals surface area (Å²) >= 11 is 1.29. The molecule has 2 N–H and O–H groups in total. The molecule has 2 aromatic heterocycles. The van der Waals surface area contributed by atoms with Crippen LogP contribution < -0.4 is 5.32 Å². The van der Waals surface area contributed by atoms with E-state index >= 15 is 0 Å². The number of aromatic amines is 1. The molecular formula is C10H5N5OS. The van der Waals surface area contributed by atoms with Crippen LogP contribution in [0, 0.1) is 22.7 Å². The SMILES string of the molecule is N#Cc1nc(NC(=O)c2cccs2)[nH]c1C#N. The van der Waals surface area contributed by atoms with Crippen molar-refractivity contribution >= 4 is 23.2 Å². The first-order chi connectivity index (χ1) is 8.24. The summed E-state index contributed by atoms with van der Waals surface area (Å²) in [5, 5.41) is 21.6. The van der Waals surface area contributed by atoms with Gasteiger partial charge in [-0.2, -0.15) is 10.5 Å². The third-order valence-electron chi connectivity index (χ3n) is 1.90. The Bertz CT molecular complexity index is 597. The molecule has 0 saturated heterocycles. The van der Waals surface area contributed by atoms with Crippen LogP contribution in [0.1, 0.15) is 21.1 Å². The minimum absolute atomic E-state index is 0.0334.